The lowest BCUT2D eigenvalue weighted by atomic mass is 10.1. The molecule has 1 aliphatic heterocycles. The van der Waals surface area contributed by atoms with Gasteiger partial charge in [-0.1, -0.05) is 0 Å². The van der Waals surface area contributed by atoms with Crippen LogP contribution >= 0.6 is 0 Å². The van der Waals surface area contributed by atoms with E-state index in [0.29, 0.717) is 12.0 Å². The van der Waals surface area contributed by atoms with E-state index >= 15 is 0 Å². The highest BCUT2D eigenvalue weighted by Crippen LogP contribution is 2.22. The highest BCUT2D eigenvalue weighted by Gasteiger charge is 2.23. The first-order valence-electron chi connectivity index (χ1n) is 9.57. The van der Waals surface area contributed by atoms with E-state index in [9.17, 15) is 0 Å². The van der Waals surface area contributed by atoms with E-state index in [2.05, 4.69) is 25.0 Å². The zero-order valence-corrected chi connectivity index (χ0v) is 16.8. The van der Waals surface area contributed by atoms with E-state index in [1.807, 2.05) is 39.8 Å². The summed E-state index contributed by atoms with van der Waals surface area (Å²) >= 11 is 0. The summed E-state index contributed by atoms with van der Waals surface area (Å²) in [5.41, 5.74) is 3.94. The van der Waals surface area contributed by atoms with Gasteiger partial charge in [-0.25, -0.2) is 19.6 Å². The van der Waals surface area contributed by atoms with Crippen LogP contribution in [0.2, 0.25) is 0 Å². The molecular weight excluding hydrogens is 354 g/mol. The van der Waals surface area contributed by atoms with Crippen LogP contribution in [0.15, 0.2) is 24.5 Å². The molecule has 0 aromatic carbocycles. The molecule has 0 atom stereocenters. The number of nitrogens with zero attached hydrogens (tertiary/aromatic N) is 7. The fourth-order valence-electron chi connectivity index (χ4n) is 3.42. The Bertz CT molecular complexity index is 959. The molecule has 0 radical (unpaired) electrons. The van der Waals surface area contributed by atoms with Crippen LogP contribution in [0.3, 0.4) is 0 Å². The Morgan fingerprint density at radius 1 is 0.929 bits per heavy atom. The second-order valence-corrected chi connectivity index (χ2v) is 7.35. The molecule has 0 bridgehead atoms. The molecule has 0 amide bonds. The Morgan fingerprint density at radius 3 is 2.29 bits per heavy atom. The van der Waals surface area contributed by atoms with E-state index in [-0.39, 0.29) is 6.10 Å². The second kappa shape index (κ2) is 7.53. The van der Waals surface area contributed by atoms with Gasteiger partial charge in [-0.2, -0.15) is 10.1 Å². The molecule has 4 rings (SSSR count). The van der Waals surface area contributed by atoms with E-state index in [1.54, 1.807) is 17.1 Å². The highest BCUT2D eigenvalue weighted by atomic mass is 16.5. The van der Waals surface area contributed by atoms with Gasteiger partial charge in [0.25, 0.3) is 5.95 Å². The number of aromatic nitrogens is 6. The predicted molar refractivity (Wildman–Crippen MR) is 106 cm³/mol. The van der Waals surface area contributed by atoms with E-state index in [0.717, 1.165) is 54.4 Å². The molecule has 0 aliphatic carbocycles. The number of hydrogen-bond acceptors (Lipinski definition) is 7. The molecule has 1 aliphatic rings. The predicted octanol–water partition coefficient (Wildman–Crippen LogP) is 2.73. The van der Waals surface area contributed by atoms with Crippen molar-refractivity contribution in [2.24, 2.45) is 0 Å². The average molecular weight is 379 g/mol. The van der Waals surface area contributed by atoms with Crippen LogP contribution in [0.5, 0.6) is 6.01 Å². The molecule has 0 unspecified atom stereocenters. The summed E-state index contributed by atoms with van der Waals surface area (Å²) in [6.07, 6.45) is 5.48. The molecule has 8 nitrogen and oxygen atoms in total. The van der Waals surface area contributed by atoms with Crippen molar-refractivity contribution in [2.45, 2.75) is 46.6 Å². The molecule has 3 aromatic heterocycles. The number of ether oxygens (including phenoxy) is 1. The van der Waals surface area contributed by atoms with Crippen LogP contribution < -0.4 is 9.64 Å². The summed E-state index contributed by atoms with van der Waals surface area (Å²) in [6.45, 7) is 9.68. The number of anilines is 1. The minimum absolute atomic E-state index is 0.123. The van der Waals surface area contributed by atoms with E-state index in [4.69, 9.17) is 9.72 Å². The molecule has 4 heterocycles. The standard InChI is InChI=1S/C20H25N7O/c1-13-11-21-20(22-12-13)28-17-5-7-26(8-6-17)18-10-14(2)23-19(24-18)27-16(4)9-15(3)25-27/h9-12,17H,5-8H2,1-4H3. The minimum atomic E-state index is 0.123. The van der Waals surface area contributed by atoms with E-state index < -0.39 is 0 Å². The Morgan fingerprint density at radius 2 is 1.64 bits per heavy atom. The summed E-state index contributed by atoms with van der Waals surface area (Å²) < 4.78 is 7.74. The number of rotatable bonds is 4. The molecule has 0 saturated carbocycles. The van der Waals surface area contributed by atoms with Crippen LogP contribution in [0, 0.1) is 27.7 Å². The monoisotopic (exact) mass is 379 g/mol. The van der Waals surface area contributed by atoms with Crippen molar-refractivity contribution in [2.75, 3.05) is 18.0 Å². The molecule has 8 heteroatoms. The van der Waals surface area contributed by atoms with Gasteiger partial charge in [-0.3, -0.25) is 0 Å². The Balaban J connectivity index is 1.46. The maximum atomic E-state index is 5.93. The summed E-state index contributed by atoms with van der Waals surface area (Å²) in [6, 6.07) is 4.51. The third-order valence-electron chi connectivity index (χ3n) is 4.82. The van der Waals surface area contributed by atoms with Crippen molar-refractivity contribution in [3.8, 4) is 12.0 Å². The van der Waals surface area contributed by atoms with Gasteiger partial charge in [0.2, 0.25) is 0 Å². The number of aryl methyl sites for hydroxylation is 4. The van der Waals surface area contributed by atoms with Gasteiger partial charge in [0, 0.05) is 55.8 Å². The van der Waals surface area contributed by atoms with Crippen molar-refractivity contribution in [3.63, 3.8) is 0 Å². The molecule has 0 spiro atoms. The van der Waals surface area contributed by atoms with E-state index in [1.165, 1.54) is 0 Å². The van der Waals surface area contributed by atoms with Crippen LogP contribution in [0.1, 0.15) is 35.5 Å². The van der Waals surface area contributed by atoms with Crippen LogP contribution in [0.4, 0.5) is 5.82 Å². The lowest BCUT2D eigenvalue weighted by Gasteiger charge is -2.32. The molecule has 1 fully saturated rings. The first-order valence-corrected chi connectivity index (χ1v) is 9.57. The fraction of sp³-hybridized carbons (Fsp3) is 0.450. The van der Waals surface area contributed by atoms with Crippen LogP contribution in [-0.4, -0.2) is 48.9 Å². The van der Waals surface area contributed by atoms with Gasteiger partial charge in [-0.05, 0) is 39.3 Å². The Kier molecular flexibility index (Phi) is 4.93. The average Bonchev–Trinajstić information content (AvgIpc) is 3.02. The zero-order valence-electron chi connectivity index (χ0n) is 16.8. The van der Waals surface area contributed by atoms with Crippen molar-refractivity contribution in [1.82, 2.24) is 29.7 Å². The largest absolute Gasteiger partial charge is 0.460 e. The Hall–Kier alpha value is -3.03. The zero-order chi connectivity index (χ0) is 19.7. The maximum absolute atomic E-state index is 5.93. The van der Waals surface area contributed by atoms with Crippen molar-refractivity contribution in [3.05, 3.63) is 47.2 Å². The third-order valence-corrected chi connectivity index (χ3v) is 4.82. The lowest BCUT2D eigenvalue weighted by Crippen LogP contribution is -2.39. The summed E-state index contributed by atoms with van der Waals surface area (Å²) in [4.78, 5) is 20.1. The molecule has 3 aromatic rings. The van der Waals surface area contributed by atoms with Crippen LogP contribution in [0.25, 0.3) is 5.95 Å². The van der Waals surface area contributed by atoms with Crippen molar-refractivity contribution < 1.29 is 4.74 Å². The van der Waals surface area contributed by atoms with Gasteiger partial charge in [0.15, 0.2) is 0 Å². The summed E-state index contributed by atoms with van der Waals surface area (Å²) in [7, 11) is 0. The lowest BCUT2D eigenvalue weighted by molar-refractivity contribution is 0.156. The van der Waals surface area contributed by atoms with Crippen molar-refractivity contribution >= 4 is 5.82 Å². The summed E-state index contributed by atoms with van der Waals surface area (Å²) in [5, 5.41) is 4.51. The van der Waals surface area contributed by atoms with Crippen molar-refractivity contribution in [1.29, 1.82) is 0 Å². The normalized spacial score (nSPS) is 15.1. The molecule has 1 saturated heterocycles. The molecule has 0 N–H and O–H groups in total. The van der Waals surface area contributed by atoms with Gasteiger partial charge < -0.3 is 9.64 Å². The van der Waals surface area contributed by atoms with Crippen LogP contribution in [-0.2, 0) is 0 Å². The third kappa shape index (κ3) is 3.95. The quantitative estimate of drug-likeness (QED) is 0.689. The Labute approximate surface area is 164 Å². The highest BCUT2D eigenvalue weighted by molar-refractivity contribution is 5.42. The topological polar surface area (TPSA) is 81.9 Å². The van der Waals surface area contributed by atoms with Gasteiger partial charge in [0.1, 0.15) is 11.9 Å². The first-order chi connectivity index (χ1) is 13.5. The molecule has 28 heavy (non-hydrogen) atoms. The molecular formula is C20H25N7O. The maximum Gasteiger partial charge on any atom is 0.316 e. The van der Waals surface area contributed by atoms with Gasteiger partial charge in [0.05, 0.1) is 5.69 Å². The number of hydrogen-bond donors (Lipinski definition) is 0. The fourth-order valence-corrected chi connectivity index (χ4v) is 3.42. The SMILES string of the molecule is Cc1cnc(OC2CCN(c3cc(C)nc(-n4nc(C)cc4C)n3)CC2)nc1. The van der Waals surface area contributed by atoms with Gasteiger partial charge in [-0.15, -0.1) is 0 Å². The second-order valence-electron chi connectivity index (χ2n) is 7.35. The molecule has 146 valence electrons. The first kappa shape index (κ1) is 18.3. The minimum Gasteiger partial charge on any atom is -0.460 e. The summed E-state index contributed by atoms with van der Waals surface area (Å²) in [5.74, 6) is 1.55. The smallest absolute Gasteiger partial charge is 0.316 e. The van der Waals surface area contributed by atoms with Gasteiger partial charge >= 0.3 is 6.01 Å². The number of piperidine rings is 1.